The molecule has 7 nitrogen and oxygen atoms in total. The molecule has 2 aliphatic rings. The fraction of sp³-hybridized carbons (Fsp3) is 0.483. The molecule has 1 N–H and O–H groups in total. The summed E-state index contributed by atoms with van der Waals surface area (Å²) < 4.78 is 5.92. The van der Waals surface area contributed by atoms with Crippen molar-refractivity contribution < 1.29 is 9.53 Å². The summed E-state index contributed by atoms with van der Waals surface area (Å²) in [7, 11) is 0. The number of amides is 1. The van der Waals surface area contributed by atoms with E-state index in [0.29, 0.717) is 19.1 Å². The second-order valence-corrected chi connectivity index (χ2v) is 12.2. The fourth-order valence-corrected chi connectivity index (χ4v) is 6.13. The van der Waals surface area contributed by atoms with Crippen molar-refractivity contribution in [2.24, 2.45) is 5.41 Å². The Morgan fingerprint density at radius 2 is 1.89 bits per heavy atom. The molecule has 37 heavy (non-hydrogen) atoms. The third kappa shape index (κ3) is 6.13. The van der Waals surface area contributed by atoms with E-state index in [0.717, 1.165) is 47.1 Å². The summed E-state index contributed by atoms with van der Waals surface area (Å²) in [6.07, 6.45) is 5.36. The summed E-state index contributed by atoms with van der Waals surface area (Å²) in [5.74, 6) is 1.65. The molecule has 0 bridgehead atoms. The molecule has 2 aromatic heterocycles. The Labute approximate surface area is 223 Å². The molecular formula is C29H37N5O2S. The number of nitrogens with zero attached hydrogens (tertiary/aromatic N) is 4. The van der Waals surface area contributed by atoms with Gasteiger partial charge >= 0.3 is 0 Å². The number of ether oxygens (including phenoxy) is 1. The van der Waals surface area contributed by atoms with Gasteiger partial charge in [0.15, 0.2) is 0 Å². The maximum atomic E-state index is 12.8. The van der Waals surface area contributed by atoms with Gasteiger partial charge in [-0.1, -0.05) is 20.8 Å². The van der Waals surface area contributed by atoms with E-state index in [1.165, 1.54) is 36.4 Å². The molecule has 8 heteroatoms. The van der Waals surface area contributed by atoms with Gasteiger partial charge in [0.2, 0.25) is 11.9 Å². The van der Waals surface area contributed by atoms with Crippen molar-refractivity contribution in [3.63, 3.8) is 0 Å². The smallest absolute Gasteiger partial charge is 0.228 e. The molecule has 196 valence electrons. The van der Waals surface area contributed by atoms with Crippen LogP contribution in [0.1, 0.15) is 49.6 Å². The van der Waals surface area contributed by atoms with Crippen molar-refractivity contribution in [2.45, 2.75) is 53.5 Å². The van der Waals surface area contributed by atoms with Crippen molar-refractivity contribution >= 4 is 28.9 Å². The van der Waals surface area contributed by atoms with Crippen LogP contribution in [0.4, 0.5) is 11.6 Å². The molecule has 1 saturated heterocycles. The number of hydrogen-bond donors (Lipinski definition) is 1. The molecule has 1 aromatic carbocycles. The Balaban J connectivity index is 1.24. The Morgan fingerprint density at radius 1 is 1.14 bits per heavy atom. The fourth-order valence-electron chi connectivity index (χ4n) is 4.91. The highest BCUT2D eigenvalue weighted by Gasteiger charge is 2.30. The molecule has 0 saturated carbocycles. The number of thiophene rings is 1. The first-order valence-electron chi connectivity index (χ1n) is 13.2. The highest BCUT2D eigenvalue weighted by Crippen LogP contribution is 2.36. The van der Waals surface area contributed by atoms with Crippen molar-refractivity contribution in [3.8, 4) is 16.3 Å². The average Bonchev–Trinajstić information content (AvgIpc) is 3.54. The van der Waals surface area contributed by atoms with Crippen LogP contribution in [0, 0.1) is 12.3 Å². The number of aryl methyl sites for hydroxylation is 1. The summed E-state index contributed by atoms with van der Waals surface area (Å²) >= 11 is 1.78. The molecule has 1 fully saturated rings. The Morgan fingerprint density at radius 3 is 2.62 bits per heavy atom. The zero-order chi connectivity index (χ0) is 26.0. The van der Waals surface area contributed by atoms with Crippen LogP contribution in [0.3, 0.4) is 0 Å². The predicted octanol–water partition coefficient (Wildman–Crippen LogP) is 5.66. The van der Waals surface area contributed by atoms with E-state index < -0.39 is 0 Å². The van der Waals surface area contributed by atoms with Gasteiger partial charge in [-0.2, -0.15) is 0 Å². The van der Waals surface area contributed by atoms with Crippen LogP contribution >= 0.6 is 11.3 Å². The standard InChI is InChI=1S/C29H37N5O2S/c1-20-18-30-28(31-22-7-9-23(10-8-22)36-16-15-33-12-5-6-13-33)32-26(20)25-17-21-19-34(14-11-24(21)37-25)27(35)29(2,3)4/h7-10,17-18H,5-6,11-16,19H2,1-4H3,(H,30,31,32). The van der Waals surface area contributed by atoms with Gasteiger partial charge in [0.1, 0.15) is 12.4 Å². The third-order valence-electron chi connectivity index (χ3n) is 6.99. The van der Waals surface area contributed by atoms with Crippen LogP contribution in [-0.2, 0) is 17.8 Å². The largest absolute Gasteiger partial charge is 0.492 e. The molecule has 0 unspecified atom stereocenters. The lowest BCUT2D eigenvalue weighted by atomic mass is 9.93. The summed E-state index contributed by atoms with van der Waals surface area (Å²) in [4.78, 5) is 29.1. The van der Waals surface area contributed by atoms with Crippen molar-refractivity contribution in [1.29, 1.82) is 0 Å². The van der Waals surface area contributed by atoms with Gasteiger partial charge in [0.05, 0.1) is 10.6 Å². The minimum atomic E-state index is -0.363. The van der Waals surface area contributed by atoms with E-state index in [4.69, 9.17) is 9.72 Å². The molecular weight excluding hydrogens is 482 g/mol. The van der Waals surface area contributed by atoms with Crippen molar-refractivity contribution in [1.82, 2.24) is 19.8 Å². The number of aromatic nitrogens is 2. The molecule has 3 aromatic rings. The minimum Gasteiger partial charge on any atom is -0.492 e. The molecule has 0 spiro atoms. The van der Waals surface area contributed by atoms with Crippen LogP contribution in [0.2, 0.25) is 0 Å². The van der Waals surface area contributed by atoms with E-state index in [-0.39, 0.29) is 11.3 Å². The number of likely N-dealkylation sites (tertiary alicyclic amines) is 1. The summed E-state index contributed by atoms with van der Waals surface area (Å²) in [6.45, 7) is 13.5. The number of rotatable bonds is 7. The SMILES string of the molecule is Cc1cnc(Nc2ccc(OCCN3CCCC3)cc2)nc1-c1cc2c(s1)CCN(C(=O)C(C)(C)C)C2. The van der Waals surface area contributed by atoms with E-state index in [2.05, 4.69) is 21.3 Å². The van der Waals surface area contributed by atoms with E-state index >= 15 is 0 Å². The zero-order valence-corrected chi connectivity index (χ0v) is 23.2. The molecule has 0 aliphatic carbocycles. The Kier molecular flexibility index (Phi) is 7.49. The highest BCUT2D eigenvalue weighted by atomic mass is 32.1. The number of hydrogen-bond acceptors (Lipinski definition) is 7. The molecule has 2 aliphatic heterocycles. The Hall–Kier alpha value is -2.97. The van der Waals surface area contributed by atoms with Gasteiger partial charge in [-0.25, -0.2) is 9.97 Å². The number of fused-ring (bicyclic) bond motifs is 1. The molecule has 0 radical (unpaired) electrons. The van der Waals surface area contributed by atoms with Crippen LogP contribution in [0.5, 0.6) is 5.75 Å². The molecule has 1 amide bonds. The molecule has 5 rings (SSSR count). The quantitative estimate of drug-likeness (QED) is 0.434. The summed E-state index contributed by atoms with van der Waals surface area (Å²) in [5, 5.41) is 3.34. The van der Waals surface area contributed by atoms with Crippen LogP contribution in [0.15, 0.2) is 36.5 Å². The monoisotopic (exact) mass is 519 g/mol. The van der Waals surface area contributed by atoms with Gasteiger partial charge in [0.25, 0.3) is 0 Å². The van der Waals surface area contributed by atoms with E-state index in [9.17, 15) is 4.79 Å². The highest BCUT2D eigenvalue weighted by molar-refractivity contribution is 7.15. The van der Waals surface area contributed by atoms with Gasteiger partial charge in [0, 0.05) is 41.8 Å². The normalized spacial score (nSPS) is 16.1. The van der Waals surface area contributed by atoms with Crippen LogP contribution in [0.25, 0.3) is 10.6 Å². The number of benzene rings is 1. The van der Waals surface area contributed by atoms with Crippen LogP contribution < -0.4 is 10.1 Å². The van der Waals surface area contributed by atoms with Gasteiger partial charge in [-0.3, -0.25) is 9.69 Å². The summed E-state index contributed by atoms with van der Waals surface area (Å²) in [6, 6.07) is 10.2. The first-order chi connectivity index (χ1) is 17.8. The zero-order valence-electron chi connectivity index (χ0n) is 22.3. The number of anilines is 2. The second kappa shape index (κ2) is 10.8. The second-order valence-electron chi connectivity index (χ2n) is 11.1. The van der Waals surface area contributed by atoms with Gasteiger partial charge in [-0.05, 0) is 80.7 Å². The first-order valence-corrected chi connectivity index (χ1v) is 14.0. The van der Waals surface area contributed by atoms with Gasteiger partial charge < -0.3 is 15.0 Å². The summed E-state index contributed by atoms with van der Waals surface area (Å²) in [5.41, 5.74) is 3.76. The van der Waals surface area contributed by atoms with Crippen molar-refractivity contribution in [3.05, 3.63) is 52.5 Å². The van der Waals surface area contributed by atoms with E-state index in [1.54, 1.807) is 11.3 Å². The average molecular weight is 520 g/mol. The maximum absolute atomic E-state index is 12.8. The lowest BCUT2D eigenvalue weighted by molar-refractivity contribution is -0.140. The molecule has 0 atom stereocenters. The number of carbonyl (C=O) groups excluding carboxylic acids is 1. The topological polar surface area (TPSA) is 70.6 Å². The molecule has 4 heterocycles. The lowest BCUT2D eigenvalue weighted by Gasteiger charge is -2.32. The third-order valence-corrected chi connectivity index (χ3v) is 8.23. The van der Waals surface area contributed by atoms with Crippen LogP contribution in [-0.4, -0.2) is 58.5 Å². The van der Waals surface area contributed by atoms with E-state index in [1.807, 2.05) is 63.1 Å². The minimum absolute atomic E-state index is 0.207. The predicted molar refractivity (Wildman–Crippen MR) is 150 cm³/mol. The number of nitrogens with one attached hydrogen (secondary N) is 1. The van der Waals surface area contributed by atoms with Crippen molar-refractivity contribution in [2.75, 3.05) is 38.1 Å². The van der Waals surface area contributed by atoms with Gasteiger partial charge in [-0.15, -0.1) is 11.3 Å². The number of carbonyl (C=O) groups is 1. The maximum Gasteiger partial charge on any atom is 0.228 e. The lowest BCUT2D eigenvalue weighted by Crippen LogP contribution is -2.41. The first kappa shape index (κ1) is 25.7. The Bertz CT molecular complexity index is 1240.